The molecular formula is C22H32N2O4. The molecule has 2 aromatic rings. The maximum absolute atomic E-state index is 11.5. The summed E-state index contributed by atoms with van der Waals surface area (Å²) in [5.74, 6) is -0.262. The van der Waals surface area contributed by atoms with Gasteiger partial charge >= 0.3 is 5.97 Å². The first kappa shape index (κ1) is 22.1. The molecule has 6 nitrogen and oxygen atoms in total. The molecule has 0 aliphatic carbocycles. The molecule has 0 saturated heterocycles. The predicted octanol–water partition coefficient (Wildman–Crippen LogP) is 2.69. The van der Waals surface area contributed by atoms with Gasteiger partial charge in [-0.3, -0.25) is 9.69 Å². The third-order valence-electron chi connectivity index (χ3n) is 4.48. The molecule has 1 atom stereocenters. The van der Waals surface area contributed by atoms with E-state index >= 15 is 0 Å². The van der Waals surface area contributed by atoms with Crippen LogP contribution in [-0.4, -0.2) is 60.1 Å². The summed E-state index contributed by atoms with van der Waals surface area (Å²) in [7, 11) is 1.67. The van der Waals surface area contributed by atoms with Crippen molar-refractivity contribution in [2.45, 2.75) is 39.0 Å². The number of carbonyl (C=O) groups excluding carboxylic acids is 1. The Morgan fingerprint density at radius 2 is 2.00 bits per heavy atom. The number of methoxy groups -OCH3 is 1. The number of hydrogen-bond donors (Lipinski definition) is 1. The molecule has 0 aliphatic rings. The molecule has 154 valence electrons. The topological polar surface area (TPSA) is 63.9 Å². The molecular weight excluding hydrogens is 356 g/mol. The van der Waals surface area contributed by atoms with Gasteiger partial charge in [-0.1, -0.05) is 37.3 Å². The molecule has 6 heteroatoms. The summed E-state index contributed by atoms with van der Waals surface area (Å²) in [5, 5.41) is 10.3. The fourth-order valence-corrected chi connectivity index (χ4v) is 3.03. The van der Waals surface area contributed by atoms with Crippen LogP contribution in [-0.2, 0) is 27.4 Å². The Bertz CT molecular complexity index is 687. The first-order valence-corrected chi connectivity index (χ1v) is 9.85. The second kappa shape index (κ2) is 12.3. The number of rotatable bonds is 13. The largest absolute Gasteiger partial charge is 0.463 e. The quantitative estimate of drug-likeness (QED) is 0.535. The Balaban J connectivity index is 1.94. The number of carbonyl (C=O) groups is 1. The van der Waals surface area contributed by atoms with Gasteiger partial charge in [-0.2, -0.15) is 0 Å². The van der Waals surface area contributed by atoms with Gasteiger partial charge in [0.2, 0.25) is 0 Å². The molecule has 0 fully saturated rings. The summed E-state index contributed by atoms with van der Waals surface area (Å²) in [6.07, 6.45) is 2.47. The molecule has 0 bridgehead atoms. The Hall–Kier alpha value is -2.15. The van der Waals surface area contributed by atoms with Crippen molar-refractivity contribution in [3.05, 3.63) is 59.9 Å². The molecule has 0 amide bonds. The summed E-state index contributed by atoms with van der Waals surface area (Å²) >= 11 is 0. The monoisotopic (exact) mass is 388 g/mol. The molecule has 0 aliphatic heterocycles. The molecule has 1 heterocycles. The zero-order chi connectivity index (χ0) is 20.2. The molecule has 1 aromatic carbocycles. The molecule has 28 heavy (non-hydrogen) atoms. The van der Waals surface area contributed by atoms with E-state index in [1.54, 1.807) is 7.11 Å². The van der Waals surface area contributed by atoms with Crippen LogP contribution in [0.4, 0.5) is 0 Å². The lowest BCUT2D eigenvalue weighted by atomic mass is 10.2. The Labute approximate surface area is 167 Å². The number of aromatic nitrogens is 1. The highest BCUT2D eigenvalue weighted by Gasteiger charge is 2.16. The van der Waals surface area contributed by atoms with E-state index in [2.05, 4.69) is 33.9 Å². The fourth-order valence-electron chi connectivity index (χ4n) is 3.03. The first-order valence-electron chi connectivity index (χ1n) is 9.85. The molecule has 0 radical (unpaired) electrons. The van der Waals surface area contributed by atoms with E-state index in [-0.39, 0.29) is 12.6 Å². The minimum atomic E-state index is -0.727. The van der Waals surface area contributed by atoms with E-state index in [1.807, 2.05) is 31.2 Å². The lowest BCUT2D eigenvalue weighted by molar-refractivity contribution is -0.147. The van der Waals surface area contributed by atoms with Gasteiger partial charge in [0.05, 0.1) is 6.61 Å². The van der Waals surface area contributed by atoms with E-state index in [0.717, 1.165) is 18.7 Å². The second-order valence-corrected chi connectivity index (χ2v) is 6.93. The third kappa shape index (κ3) is 7.84. The molecule has 0 spiro atoms. The van der Waals surface area contributed by atoms with Gasteiger partial charge in [0.1, 0.15) is 12.7 Å². The van der Waals surface area contributed by atoms with E-state index in [9.17, 15) is 9.90 Å². The molecule has 2 rings (SSSR count). The number of benzene rings is 1. The Morgan fingerprint density at radius 3 is 2.71 bits per heavy atom. The van der Waals surface area contributed by atoms with E-state index in [1.165, 1.54) is 5.56 Å². The van der Waals surface area contributed by atoms with Gasteiger partial charge in [-0.15, -0.1) is 0 Å². The standard InChI is InChI=1S/C22H32N2O4/c1-3-8-22(26)28-18-21(25)17-23(13-14-27-2)16-20-11-7-12-24(20)15-19-9-5-4-6-10-19/h4-7,9-12,21,25H,3,8,13-18H2,1-2H3/t21-/m1/s1. The lowest BCUT2D eigenvalue weighted by Crippen LogP contribution is -2.37. The van der Waals surface area contributed by atoms with E-state index in [0.29, 0.717) is 32.7 Å². The lowest BCUT2D eigenvalue weighted by Gasteiger charge is -2.25. The zero-order valence-corrected chi connectivity index (χ0v) is 16.9. The van der Waals surface area contributed by atoms with Crippen LogP contribution in [0.2, 0.25) is 0 Å². The van der Waals surface area contributed by atoms with Crippen molar-refractivity contribution in [3.63, 3.8) is 0 Å². The number of aliphatic hydroxyl groups excluding tert-OH is 1. The predicted molar refractivity (Wildman–Crippen MR) is 109 cm³/mol. The van der Waals surface area contributed by atoms with Crippen LogP contribution < -0.4 is 0 Å². The normalized spacial score (nSPS) is 12.3. The summed E-state index contributed by atoms with van der Waals surface area (Å²) in [6, 6.07) is 14.5. The SMILES string of the molecule is CCCC(=O)OC[C@H](O)CN(CCOC)Cc1cccn1Cc1ccccc1. The summed E-state index contributed by atoms with van der Waals surface area (Å²) < 4.78 is 12.6. The number of aliphatic hydroxyl groups is 1. The van der Waals surface area contributed by atoms with Gasteiger partial charge in [-0.05, 0) is 24.1 Å². The van der Waals surface area contributed by atoms with Gasteiger partial charge < -0.3 is 19.1 Å². The highest BCUT2D eigenvalue weighted by molar-refractivity contribution is 5.69. The Morgan fingerprint density at radius 1 is 1.21 bits per heavy atom. The van der Waals surface area contributed by atoms with Crippen molar-refractivity contribution < 1.29 is 19.4 Å². The van der Waals surface area contributed by atoms with Crippen molar-refractivity contribution >= 4 is 5.97 Å². The van der Waals surface area contributed by atoms with Gasteiger partial charge in [-0.25, -0.2) is 0 Å². The number of hydrogen-bond acceptors (Lipinski definition) is 5. The Kier molecular flexibility index (Phi) is 9.76. The number of esters is 1. The van der Waals surface area contributed by atoms with Gasteiger partial charge in [0, 0.05) is 51.6 Å². The van der Waals surface area contributed by atoms with Gasteiger partial charge in [0.15, 0.2) is 0 Å². The van der Waals surface area contributed by atoms with Crippen LogP contribution in [0, 0.1) is 0 Å². The highest BCUT2D eigenvalue weighted by Crippen LogP contribution is 2.11. The van der Waals surface area contributed by atoms with E-state index < -0.39 is 6.10 Å². The molecule has 1 aromatic heterocycles. The maximum atomic E-state index is 11.5. The second-order valence-electron chi connectivity index (χ2n) is 6.93. The van der Waals surface area contributed by atoms with Crippen LogP contribution in [0.5, 0.6) is 0 Å². The molecule has 1 N–H and O–H groups in total. The van der Waals surface area contributed by atoms with Crippen LogP contribution in [0.1, 0.15) is 31.0 Å². The summed E-state index contributed by atoms with van der Waals surface area (Å²) in [4.78, 5) is 13.6. The number of ether oxygens (including phenoxy) is 2. The van der Waals surface area contributed by atoms with E-state index in [4.69, 9.17) is 9.47 Å². The van der Waals surface area contributed by atoms with Crippen LogP contribution >= 0.6 is 0 Å². The van der Waals surface area contributed by atoms with Crippen LogP contribution in [0.15, 0.2) is 48.7 Å². The zero-order valence-electron chi connectivity index (χ0n) is 16.9. The van der Waals surface area contributed by atoms with Crippen molar-refractivity contribution in [2.75, 3.05) is 33.4 Å². The van der Waals surface area contributed by atoms with Crippen LogP contribution in [0.25, 0.3) is 0 Å². The summed E-state index contributed by atoms with van der Waals surface area (Å²) in [5.41, 5.74) is 2.40. The third-order valence-corrected chi connectivity index (χ3v) is 4.48. The smallest absolute Gasteiger partial charge is 0.305 e. The van der Waals surface area contributed by atoms with Gasteiger partial charge in [0.25, 0.3) is 0 Å². The number of nitrogens with zero attached hydrogens (tertiary/aromatic N) is 2. The van der Waals surface area contributed by atoms with Crippen molar-refractivity contribution in [2.24, 2.45) is 0 Å². The van der Waals surface area contributed by atoms with Crippen molar-refractivity contribution in [1.82, 2.24) is 9.47 Å². The van der Waals surface area contributed by atoms with Crippen molar-refractivity contribution in [1.29, 1.82) is 0 Å². The maximum Gasteiger partial charge on any atom is 0.305 e. The minimum Gasteiger partial charge on any atom is -0.463 e. The average molecular weight is 389 g/mol. The first-order chi connectivity index (χ1) is 13.6. The summed E-state index contributed by atoms with van der Waals surface area (Å²) in [6.45, 7) is 5.11. The van der Waals surface area contributed by atoms with Crippen molar-refractivity contribution in [3.8, 4) is 0 Å². The molecule has 0 saturated carbocycles. The average Bonchev–Trinajstić information content (AvgIpc) is 3.12. The fraction of sp³-hybridized carbons (Fsp3) is 0.500. The van der Waals surface area contributed by atoms with Crippen LogP contribution in [0.3, 0.4) is 0 Å². The highest BCUT2D eigenvalue weighted by atomic mass is 16.5. The molecule has 0 unspecified atom stereocenters. The minimum absolute atomic E-state index is 0.0212.